The predicted octanol–water partition coefficient (Wildman–Crippen LogP) is 3.69. The molecule has 0 unspecified atom stereocenters. The van der Waals surface area contributed by atoms with Gasteiger partial charge in [0.25, 0.3) is 17.7 Å². The first-order chi connectivity index (χ1) is 15.5. The maximum atomic E-state index is 13.6. The number of halogens is 1. The van der Waals surface area contributed by atoms with Gasteiger partial charge in [-0.3, -0.25) is 19.2 Å². The number of hydrazine groups is 1. The molecule has 6 atom stereocenters. The zero-order chi connectivity index (χ0) is 22.1. The second-order valence-corrected chi connectivity index (χ2v) is 10.3. The average Bonchev–Trinajstić information content (AvgIpc) is 3.36. The van der Waals surface area contributed by atoms with Crippen molar-refractivity contribution < 1.29 is 19.2 Å². The number of allylic oxidation sites excluding steroid dienone is 2. The number of hydrogen-bond acceptors (Lipinski definition) is 5. The molecule has 1 aromatic heterocycles. The summed E-state index contributed by atoms with van der Waals surface area (Å²) in [7, 11) is 0. The zero-order valence-electron chi connectivity index (χ0n) is 16.9. The number of hydrogen-bond donors (Lipinski definition) is 0. The quantitative estimate of drug-likeness (QED) is 0.382. The Bertz CT molecular complexity index is 1140. The van der Waals surface area contributed by atoms with E-state index in [9.17, 15) is 19.2 Å². The van der Waals surface area contributed by atoms with Crippen molar-refractivity contribution in [3.63, 3.8) is 0 Å². The Kier molecular flexibility index (Phi) is 4.42. The van der Waals surface area contributed by atoms with Gasteiger partial charge in [0.15, 0.2) is 5.78 Å². The lowest BCUT2D eigenvalue weighted by atomic mass is 9.63. The molecule has 8 heteroatoms. The van der Waals surface area contributed by atoms with E-state index in [2.05, 4.69) is 12.2 Å². The zero-order valence-corrected chi connectivity index (χ0v) is 18.5. The van der Waals surface area contributed by atoms with E-state index in [1.807, 2.05) is 0 Å². The van der Waals surface area contributed by atoms with E-state index in [1.54, 1.807) is 29.6 Å². The normalized spacial score (nSPS) is 31.5. The third-order valence-corrected chi connectivity index (χ3v) is 8.46. The van der Waals surface area contributed by atoms with E-state index in [-0.39, 0.29) is 41.5 Å². The fourth-order valence-electron chi connectivity index (χ4n) is 5.81. The fourth-order valence-corrected chi connectivity index (χ4v) is 6.59. The molecule has 2 bridgehead atoms. The van der Waals surface area contributed by atoms with E-state index in [1.165, 1.54) is 23.5 Å². The minimum Gasteiger partial charge on any atom is -0.291 e. The van der Waals surface area contributed by atoms with Gasteiger partial charge in [-0.15, -0.1) is 11.3 Å². The summed E-state index contributed by atoms with van der Waals surface area (Å²) in [5.74, 6) is -1.53. The molecule has 5 aliphatic rings. The molecule has 1 saturated heterocycles. The summed E-state index contributed by atoms with van der Waals surface area (Å²) >= 11 is 7.22. The van der Waals surface area contributed by atoms with Crippen molar-refractivity contribution in [1.29, 1.82) is 0 Å². The number of Topliss-reactive ketones (excluding diaryl/α,β-unsaturated/α-hetero) is 1. The standard InChI is InChI=1S/C24H19ClN2O4S/c25-13-5-3-12(4-6-13)22(29)26(11-18(28)19-2-1-9-32-19)27-23(30)20-14-7-8-15(17-10-16(14)17)21(20)24(27)31/h1-9,14-17,20-21H,10-11H2/t14-,15-,16-,17-,20-,21+/m0/s1. The second-order valence-electron chi connectivity index (χ2n) is 8.91. The van der Waals surface area contributed by atoms with Crippen LogP contribution in [0.2, 0.25) is 5.02 Å². The lowest BCUT2D eigenvalue weighted by Crippen LogP contribution is -2.52. The monoisotopic (exact) mass is 466 g/mol. The number of benzene rings is 1. The number of carbonyl (C=O) groups excluding carboxylic acids is 4. The molecule has 2 heterocycles. The lowest BCUT2D eigenvalue weighted by Gasteiger charge is -2.37. The number of thiophene rings is 1. The van der Waals surface area contributed by atoms with Gasteiger partial charge >= 0.3 is 0 Å². The van der Waals surface area contributed by atoms with Crippen molar-refractivity contribution in [2.24, 2.45) is 35.5 Å². The first-order valence-electron chi connectivity index (χ1n) is 10.7. The lowest BCUT2D eigenvalue weighted by molar-refractivity contribution is -0.154. The highest BCUT2D eigenvalue weighted by atomic mass is 35.5. The third kappa shape index (κ3) is 2.84. The van der Waals surface area contributed by atoms with Crippen LogP contribution in [0.4, 0.5) is 0 Å². The van der Waals surface area contributed by atoms with Crippen LogP contribution in [-0.2, 0) is 9.59 Å². The van der Waals surface area contributed by atoms with Gasteiger partial charge in [0, 0.05) is 10.6 Å². The molecule has 7 rings (SSSR count). The Labute approximate surface area is 193 Å². The average molecular weight is 467 g/mol. The van der Waals surface area contributed by atoms with Crippen LogP contribution in [0.1, 0.15) is 26.5 Å². The molecule has 32 heavy (non-hydrogen) atoms. The smallest absolute Gasteiger partial charge is 0.273 e. The van der Waals surface area contributed by atoms with Crippen LogP contribution in [0.15, 0.2) is 53.9 Å². The molecule has 0 N–H and O–H groups in total. The number of imide groups is 1. The second kappa shape index (κ2) is 7.12. The SMILES string of the molecule is O=C(CN(C(=O)c1ccc(Cl)cc1)N1C(=O)[C@@H]2[C@H]3C=C[C@@H]([C@@H]4C[C@@H]34)[C@@H]2C1=O)c1cccs1. The minimum absolute atomic E-state index is 0.0388. The molecule has 0 spiro atoms. The Morgan fingerprint density at radius 3 is 2.19 bits per heavy atom. The Morgan fingerprint density at radius 1 is 1.00 bits per heavy atom. The topological polar surface area (TPSA) is 74.8 Å². The molecular formula is C24H19ClN2O4S. The molecule has 162 valence electrons. The van der Waals surface area contributed by atoms with Gasteiger partial charge in [0.05, 0.1) is 16.7 Å². The minimum atomic E-state index is -0.572. The first kappa shape index (κ1) is 19.9. The number of nitrogens with zero attached hydrogens (tertiary/aromatic N) is 2. The third-order valence-electron chi connectivity index (χ3n) is 7.30. The highest BCUT2D eigenvalue weighted by molar-refractivity contribution is 7.12. The number of amides is 3. The van der Waals surface area contributed by atoms with Crippen LogP contribution in [0.25, 0.3) is 0 Å². The maximum Gasteiger partial charge on any atom is 0.273 e. The molecule has 3 amide bonds. The molecule has 1 aliphatic heterocycles. The van der Waals surface area contributed by atoms with Crippen molar-refractivity contribution in [3.05, 3.63) is 69.4 Å². The van der Waals surface area contributed by atoms with E-state index in [0.717, 1.165) is 16.4 Å². The van der Waals surface area contributed by atoms with Crippen LogP contribution < -0.4 is 0 Å². The van der Waals surface area contributed by atoms with Crippen LogP contribution in [-0.4, -0.2) is 40.1 Å². The molecule has 2 aromatic rings. The highest BCUT2D eigenvalue weighted by Gasteiger charge is 2.68. The number of ketones is 1. The van der Waals surface area contributed by atoms with Crippen molar-refractivity contribution in [3.8, 4) is 0 Å². The van der Waals surface area contributed by atoms with E-state index in [4.69, 9.17) is 11.6 Å². The molecule has 6 nitrogen and oxygen atoms in total. The van der Waals surface area contributed by atoms with Crippen molar-refractivity contribution in [1.82, 2.24) is 10.0 Å². The van der Waals surface area contributed by atoms with Crippen molar-refractivity contribution >= 4 is 46.4 Å². The number of rotatable bonds is 5. The van der Waals surface area contributed by atoms with Crippen molar-refractivity contribution in [2.75, 3.05) is 6.54 Å². The molecule has 2 saturated carbocycles. The Balaban J connectivity index is 1.37. The molecule has 1 aromatic carbocycles. The van der Waals surface area contributed by atoms with Crippen LogP contribution in [0.3, 0.4) is 0 Å². The highest BCUT2D eigenvalue weighted by Crippen LogP contribution is 2.65. The van der Waals surface area contributed by atoms with Gasteiger partial charge in [-0.1, -0.05) is 29.8 Å². The number of carbonyl (C=O) groups is 4. The summed E-state index contributed by atoms with van der Waals surface area (Å²) in [6, 6.07) is 9.62. The molecule has 3 fully saturated rings. The van der Waals surface area contributed by atoms with Gasteiger partial charge in [0.1, 0.15) is 6.54 Å². The van der Waals surface area contributed by atoms with Gasteiger partial charge in [-0.25, -0.2) is 5.01 Å². The predicted molar refractivity (Wildman–Crippen MR) is 118 cm³/mol. The maximum absolute atomic E-state index is 13.6. The molecule has 4 aliphatic carbocycles. The largest absolute Gasteiger partial charge is 0.291 e. The van der Waals surface area contributed by atoms with Gasteiger partial charge in [-0.2, -0.15) is 5.01 Å². The first-order valence-corrected chi connectivity index (χ1v) is 11.9. The Morgan fingerprint density at radius 2 is 1.62 bits per heavy atom. The Hall–Kier alpha value is -2.77. The van der Waals surface area contributed by atoms with Crippen molar-refractivity contribution in [2.45, 2.75) is 6.42 Å². The van der Waals surface area contributed by atoms with Crippen LogP contribution >= 0.6 is 22.9 Å². The van der Waals surface area contributed by atoms with Crippen LogP contribution in [0.5, 0.6) is 0 Å². The van der Waals surface area contributed by atoms with E-state index in [0.29, 0.717) is 21.7 Å². The summed E-state index contributed by atoms with van der Waals surface area (Å²) in [6.07, 6.45) is 5.22. The summed E-state index contributed by atoms with van der Waals surface area (Å²) < 4.78 is 0. The summed E-state index contributed by atoms with van der Waals surface area (Å²) in [5, 5.41) is 4.24. The van der Waals surface area contributed by atoms with E-state index < -0.39 is 17.7 Å². The van der Waals surface area contributed by atoms with Gasteiger partial charge in [0.2, 0.25) is 0 Å². The molecular weight excluding hydrogens is 448 g/mol. The van der Waals surface area contributed by atoms with Crippen LogP contribution in [0, 0.1) is 35.5 Å². The van der Waals surface area contributed by atoms with E-state index >= 15 is 0 Å². The molecule has 0 radical (unpaired) electrons. The summed E-state index contributed by atoms with van der Waals surface area (Å²) in [4.78, 5) is 54.0. The summed E-state index contributed by atoms with van der Waals surface area (Å²) in [6.45, 7) is -0.380. The fraction of sp³-hybridized carbons (Fsp3) is 0.333. The summed E-state index contributed by atoms with van der Waals surface area (Å²) in [5.41, 5.74) is 0.257. The van der Waals surface area contributed by atoms with Gasteiger partial charge < -0.3 is 0 Å². The van der Waals surface area contributed by atoms with Gasteiger partial charge in [-0.05, 0) is 65.8 Å².